The zero-order valence-electron chi connectivity index (χ0n) is 14.6. The molecule has 2 atom stereocenters. The van der Waals surface area contributed by atoms with Crippen molar-refractivity contribution in [2.75, 3.05) is 18.6 Å². The Labute approximate surface area is 156 Å². The molecule has 1 heterocycles. The van der Waals surface area contributed by atoms with Gasteiger partial charge >= 0.3 is 5.97 Å². The maximum atomic E-state index is 12.6. The highest BCUT2D eigenvalue weighted by molar-refractivity contribution is 9.10. The van der Waals surface area contributed by atoms with Crippen LogP contribution in [0, 0.1) is 11.8 Å². The number of halogens is 1. The monoisotopic (exact) mass is 410 g/mol. The van der Waals surface area contributed by atoms with Crippen molar-refractivity contribution < 1.29 is 19.1 Å². The van der Waals surface area contributed by atoms with Gasteiger partial charge in [-0.2, -0.15) is 0 Å². The number of amides is 2. The third-order valence-electron chi connectivity index (χ3n) is 4.15. The third-order valence-corrected chi connectivity index (χ3v) is 4.64. The van der Waals surface area contributed by atoms with E-state index in [-0.39, 0.29) is 11.8 Å². The fourth-order valence-corrected chi connectivity index (χ4v) is 3.31. The van der Waals surface area contributed by atoms with Crippen LogP contribution in [0.2, 0.25) is 0 Å². The number of nitrogens with one attached hydrogen (secondary N) is 1. The van der Waals surface area contributed by atoms with Crippen LogP contribution in [0.25, 0.3) is 0 Å². The second-order valence-electron chi connectivity index (χ2n) is 6.52. The maximum Gasteiger partial charge on any atom is 0.328 e. The summed E-state index contributed by atoms with van der Waals surface area (Å²) < 4.78 is 5.62. The lowest BCUT2D eigenvalue weighted by molar-refractivity contribution is -0.146. The molecule has 25 heavy (non-hydrogen) atoms. The summed E-state index contributed by atoms with van der Waals surface area (Å²) in [4.78, 5) is 38.6. The summed E-state index contributed by atoms with van der Waals surface area (Å²) >= 11 is 3.38. The number of esters is 1. The van der Waals surface area contributed by atoms with Gasteiger partial charge in [0, 0.05) is 16.7 Å². The van der Waals surface area contributed by atoms with Crippen molar-refractivity contribution in [2.24, 2.45) is 11.8 Å². The predicted molar refractivity (Wildman–Crippen MR) is 98.0 cm³/mol. The van der Waals surface area contributed by atoms with Crippen molar-refractivity contribution in [1.29, 1.82) is 0 Å². The van der Waals surface area contributed by atoms with Crippen LogP contribution in [0.15, 0.2) is 28.7 Å². The maximum absolute atomic E-state index is 12.6. The SMILES string of the molecule is COC(=O)C(CC(C)C)NC(=O)C1CCN(c2cccc(Br)c2)C1=O. The summed E-state index contributed by atoms with van der Waals surface area (Å²) in [6.45, 7) is 4.38. The van der Waals surface area contributed by atoms with Gasteiger partial charge in [-0.1, -0.05) is 35.8 Å². The van der Waals surface area contributed by atoms with Crippen LogP contribution in [0.1, 0.15) is 26.7 Å². The molecule has 0 aliphatic carbocycles. The molecule has 0 bridgehead atoms. The first-order valence-corrected chi connectivity index (χ1v) is 9.08. The Morgan fingerprint density at radius 3 is 2.72 bits per heavy atom. The molecule has 6 nitrogen and oxygen atoms in total. The molecule has 136 valence electrons. The van der Waals surface area contributed by atoms with Crippen LogP contribution in [-0.2, 0) is 19.1 Å². The number of hydrogen-bond donors (Lipinski definition) is 1. The molecular weight excluding hydrogens is 388 g/mol. The summed E-state index contributed by atoms with van der Waals surface area (Å²) in [5, 5.41) is 2.68. The van der Waals surface area contributed by atoms with Crippen molar-refractivity contribution in [3.8, 4) is 0 Å². The molecule has 0 radical (unpaired) electrons. The number of carbonyl (C=O) groups excluding carboxylic acids is 3. The third kappa shape index (κ3) is 4.81. The van der Waals surface area contributed by atoms with Crippen LogP contribution in [-0.4, -0.2) is 37.5 Å². The molecule has 2 amide bonds. The molecule has 0 aromatic heterocycles. The summed E-state index contributed by atoms with van der Waals surface area (Å²) in [6, 6.07) is 6.66. The van der Waals surface area contributed by atoms with Gasteiger partial charge in [0.2, 0.25) is 11.8 Å². The lowest BCUT2D eigenvalue weighted by atomic mass is 10.0. The minimum atomic E-state index is -0.779. The highest BCUT2D eigenvalue weighted by Crippen LogP contribution is 2.27. The molecule has 2 unspecified atom stereocenters. The minimum absolute atomic E-state index is 0.210. The molecule has 0 spiro atoms. The first kappa shape index (κ1) is 19.4. The second kappa shape index (κ2) is 8.47. The van der Waals surface area contributed by atoms with Gasteiger partial charge < -0.3 is 15.0 Å². The van der Waals surface area contributed by atoms with E-state index in [1.54, 1.807) is 4.90 Å². The zero-order valence-corrected chi connectivity index (χ0v) is 16.2. The van der Waals surface area contributed by atoms with Gasteiger partial charge in [-0.3, -0.25) is 9.59 Å². The summed E-state index contributed by atoms with van der Waals surface area (Å²) in [5.74, 6) is -1.72. The molecule has 1 saturated heterocycles. The fraction of sp³-hybridized carbons (Fsp3) is 0.500. The number of hydrogen-bond acceptors (Lipinski definition) is 4. The average Bonchev–Trinajstić information content (AvgIpc) is 2.94. The smallest absolute Gasteiger partial charge is 0.328 e. The molecule has 0 saturated carbocycles. The van der Waals surface area contributed by atoms with Crippen molar-refractivity contribution in [1.82, 2.24) is 5.32 Å². The second-order valence-corrected chi connectivity index (χ2v) is 7.44. The molecule has 2 rings (SSSR count). The first-order chi connectivity index (χ1) is 11.8. The van der Waals surface area contributed by atoms with Crippen LogP contribution in [0.3, 0.4) is 0 Å². The predicted octanol–water partition coefficient (Wildman–Crippen LogP) is 2.51. The molecule has 7 heteroatoms. The van der Waals surface area contributed by atoms with Crippen molar-refractivity contribution >= 4 is 39.4 Å². The molecule has 1 fully saturated rings. The quantitative estimate of drug-likeness (QED) is 0.577. The lowest BCUT2D eigenvalue weighted by Crippen LogP contribution is -2.46. The lowest BCUT2D eigenvalue weighted by Gasteiger charge is -2.20. The van der Waals surface area contributed by atoms with Gasteiger partial charge in [0.25, 0.3) is 0 Å². The van der Waals surface area contributed by atoms with E-state index in [4.69, 9.17) is 4.74 Å². The van der Waals surface area contributed by atoms with E-state index in [0.29, 0.717) is 19.4 Å². The number of carbonyl (C=O) groups is 3. The van der Waals surface area contributed by atoms with E-state index < -0.39 is 23.8 Å². The highest BCUT2D eigenvalue weighted by Gasteiger charge is 2.39. The Balaban J connectivity index is 2.07. The van der Waals surface area contributed by atoms with Gasteiger partial charge in [0.05, 0.1) is 7.11 Å². The Morgan fingerprint density at radius 2 is 2.12 bits per heavy atom. The van der Waals surface area contributed by atoms with E-state index in [2.05, 4.69) is 21.2 Å². The van der Waals surface area contributed by atoms with E-state index in [9.17, 15) is 14.4 Å². The van der Waals surface area contributed by atoms with E-state index in [0.717, 1.165) is 10.2 Å². The number of anilines is 1. The van der Waals surface area contributed by atoms with E-state index in [1.807, 2.05) is 38.1 Å². The van der Waals surface area contributed by atoms with Crippen molar-refractivity contribution in [3.63, 3.8) is 0 Å². The molecule has 1 N–H and O–H groups in total. The Bertz CT molecular complexity index is 662. The van der Waals surface area contributed by atoms with Crippen LogP contribution in [0.4, 0.5) is 5.69 Å². The minimum Gasteiger partial charge on any atom is -0.467 e. The summed E-state index contributed by atoms with van der Waals surface area (Å²) in [6.07, 6.45) is 0.890. The number of methoxy groups -OCH3 is 1. The van der Waals surface area contributed by atoms with Crippen LogP contribution in [0.5, 0.6) is 0 Å². The summed E-state index contributed by atoms with van der Waals surface area (Å²) in [7, 11) is 1.29. The van der Waals surface area contributed by atoms with E-state index >= 15 is 0 Å². The van der Waals surface area contributed by atoms with Gasteiger partial charge in [0.15, 0.2) is 0 Å². The van der Waals surface area contributed by atoms with Gasteiger partial charge in [0.1, 0.15) is 12.0 Å². The largest absolute Gasteiger partial charge is 0.467 e. The summed E-state index contributed by atoms with van der Waals surface area (Å²) in [5.41, 5.74) is 0.751. The van der Waals surface area contributed by atoms with Gasteiger partial charge in [-0.15, -0.1) is 0 Å². The van der Waals surface area contributed by atoms with Crippen molar-refractivity contribution in [2.45, 2.75) is 32.7 Å². The number of nitrogens with zero attached hydrogens (tertiary/aromatic N) is 1. The number of benzene rings is 1. The Morgan fingerprint density at radius 1 is 1.40 bits per heavy atom. The average molecular weight is 411 g/mol. The topological polar surface area (TPSA) is 75.7 Å². The normalized spacial score (nSPS) is 18.4. The molecule has 1 aromatic carbocycles. The molecule has 1 aromatic rings. The van der Waals surface area contributed by atoms with Crippen molar-refractivity contribution in [3.05, 3.63) is 28.7 Å². The molecule has 1 aliphatic rings. The number of rotatable bonds is 6. The Kier molecular flexibility index (Phi) is 6.58. The fourth-order valence-electron chi connectivity index (χ4n) is 2.92. The Hall–Kier alpha value is -1.89. The standard InChI is InChI=1S/C18H23BrN2O4/c1-11(2)9-15(18(24)25-3)20-16(22)14-7-8-21(17(14)23)13-6-4-5-12(19)10-13/h4-6,10-11,14-15H,7-9H2,1-3H3,(H,20,22). The van der Waals surface area contributed by atoms with Crippen LogP contribution < -0.4 is 10.2 Å². The molecule has 1 aliphatic heterocycles. The zero-order chi connectivity index (χ0) is 18.6. The molecular formula is C18H23BrN2O4. The van der Waals surface area contributed by atoms with Gasteiger partial charge in [-0.25, -0.2) is 4.79 Å². The van der Waals surface area contributed by atoms with E-state index in [1.165, 1.54) is 7.11 Å². The highest BCUT2D eigenvalue weighted by atomic mass is 79.9. The van der Waals surface area contributed by atoms with Crippen LogP contribution >= 0.6 is 15.9 Å². The number of ether oxygens (including phenoxy) is 1. The van der Waals surface area contributed by atoms with Gasteiger partial charge in [-0.05, 0) is 37.0 Å². The first-order valence-electron chi connectivity index (χ1n) is 8.28.